The number of hydrogen-bond acceptors (Lipinski definition) is 4. The van der Waals surface area contributed by atoms with Crippen LogP contribution in [0.5, 0.6) is 0 Å². The fraction of sp³-hybridized carbons (Fsp3) is 0.917. The second kappa shape index (κ2) is 6.73. The molecule has 0 amide bonds. The quantitative estimate of drug-likeness (QED) is 0.347. The zero-order chi connectivity index (χ0) is 14.6. The molecule has 2 rings (SSSR count). The highest BCUT2D eigenvalue weighted by Gasteiger charge is 2.41. The molecule has 0 saturated carbocycles. The van der Waals surface area contributed by atoms with E-state index >= 15 is 0 Å². The van der Waals surface area contributed by atoms with Gasteiger partial charge in [0.2, 0.25) is 10.0 Å². The molecule has 3 atom stereocenters. The molecule has 2 heterocycles. The molecule has 0 spiro atoms. The average molecular weight is 304 g/mol. The van der Waals surface area contributed by atoms with Crippen molar-refractivity contribution in [2.75, 3.05) is 25.9 Å². The van der Waals surface area contributed by atoms with Gasteiger partial charge in [-0.1, -0.05) is 0 Å². The first kappa shape index (κ1) is 15.5. The molecule has 2 fully saturated rings. The van der Waals surface area contributed by atoms with Gasteiger partial charge in [0.05, 0.1) is 24.0 Å². The topological polar surface area (TPSA) is 91.8 Å². The minimum Gasteiger partial charge on any atom is -0.373 e. The van der Waals surface area contributed by atoms with Gasteiger partial charge in [-0.25, -0.2) is 13.1 Å². The number of hydrogen-bond donors (Lipinski definition) is 3. The van der Waals surface area contributed by atoms with E-state index in [-0.39, 0.29) is 11.9 Å². The minimum atomic E-state index is -3.12. The molecule has 0 radical (unpaired) electrons. The van der Waals surface area contributed by atoms with Crippen LogP contribution in [0.3, 0.4) is 0 Å². The summed E-state index contributed by atoms with van der Waals surface area (Å²) in [6.45, 7) is 2.47. The Kier molecular flexibility index (Phi) is 5.22. The van der Waals surface area contributed by atoms with Gasteiger partial charge in [0.15, 0.2) is 5.96 Å². The number of sulfonamides is 1. The smallest absolute Gasteiger partial charge is 0.211 e. The molecule has 8 heteroatoms. The van der Waals surface area contributed by atoms with Gasteiger partial charge in [0, 0.05) is 20.1 Å². The van der Waals surface area contributed by atoms with Crippen LogP contribution in [-0.4, -0.2) is 58.5 Å². The normalized spacial score (nSPS) is 29.7. The van der Waals surface area contributed by atoms with Gasteiger partial charge in [-0.2, -0.15) is 0 Å². The average Bonchev–Trinajstić information content (AvgIpc) is 3.04. The second-order valence-corrected chi connectivity index (χ2v) is 7.25. The zero-order valence-corrected chi connectivity index (χ0v) is 12.9. The summed E-state index contributed by atoms with van der Waals surface area (Å²) < 4.78 is 30.8. The second-order valence-electron chi connectivity index (χ2n) is 5.16. The summed E-state index contributed by atoms with van der Waals surface area (Å²) in [6, 6.07) is 0.312. The predicted octanol–water partition coefficient (Wildman–Crippen LogP) is -0.589. The van der Waals surface area contributed by atoms with Gasteiger partial charge >= 0.3 is 0 Å². The van der Waals surface area contributed by atoms with Crippen LogP contribution in [0.25, 0.3) is 0 Å². The molecule has 7 nitrogen and oxygen atoms in total. The summed E-state index contributed by atoms with van der Waals surface area (Å²) in [7, 11) is -1.42. The van der Waals surface area contributed by atoms with E-state index in [2.05, 4.69) is 20.3 Å². The number of rotatable bonds is 6. The van der Waals surface area contributed by atoms with E-state index in [1.807, 2.05) is 0 Å². The van der Waals surface area contributed by atoms with Crippen LogP contribution in [0.4, 0.5) is 0 Å². The van der Waals surface area contributed by atoms with Crippen molar-refractivity contribution in [3.05, 3.63) is 0 Å². The van der Waals surface area contributed by atoms with E-state index in [0.29, 0.717) is 31.2 Å². The van der Waals surface area contributed by atoms with Gasteiger partial charge in [-0.3, -0.25) is 4.99 Å². The molecule has 3 N–H and O–H groups in total. The molecule has 116 valence electrons. The first-order valence-corrected chi connectivity index (χ1v) is 8.79. The van der Waals surface area contributed by atoms with Gasteiger partial charge in [0.1, 0.15) is 0 Å². The number of fused-ring (bicyclic) bond motifs is 2. The third kappa shape index (κ3) is 4.07. The highest BCUT2D eigenvalue weighted by atomic mass is 32.2. The number of guanidine groups is 1. The maximum atomic E-state index is 11.3. The van der Waals surface area contributed by atoms with Crippen molar-refractivity contribution >= 4 is 16.0 Å². The molecular weight excluding hydrogens is 280 g/mol. The van der Waals surface area contributed by atoms with Crippen molar-refractivity contribution in [1.82, 2.24) is 15.4 Å². The van der Waals surface area contributed by atoms with Crippen LogP contribution in [0.2, 0.25) is 0 Å². The fourth-order valence-corrected chi connectivity index (χ4v) is 3.27. The Morgan fingerprint density at radius 1 is 1.35 bits per heavy atom. The molecule has 0 aromatic rings. The van der Waals surface area contributed by atoms with Crippen LogP contribution in [0, 0.1) is 0 Å². The number of ether oxygens (including phenoxy) is 1. The fourth-order valence-electron chi connectivity index (χ4n) is 2.65. The van der Waals surface area contributed by atoms with Crippen molar-refractivity contribution in [2.45, 2.75) is 44.4 Å². The summed E-state index contributed by atoms with van der Waals surface area (Å²) in [5.74, 6) is 0.796. The summed E-state index contributed by atoms with van der Waals surface area (Å²) in [6.07, 6.45) is 3.97. The SMILES string of the molecule is CCS(=O)(=O)NCCNC(=NC)NC1CC2CCC1O2. The third-order valence-corrected chi connectivity index (χ3v) is 5.18. The number of nitrogens with zero attached hydrogens (tertiary/aromatic N) is 1. The summed E-state index contributed by atoms with van der Waals surface area (Å²) in [5, 5.41) is 6.45. The Hall–Kier alpha value is -0.860. The highest BCUT2D eigenvalue weighted by Crippen LogP contribution is 2.34. The van der Waals surface area contributed by atoms with E-state index in [1.165, 1.54) is 0 Å². The van der Waals surface area contributed by atoms with E-state index in [4.69, 9.17) is 4.74 Å². The summed E-state index contributed by atoms with van der Waals surface area (Å²) in [5.41, 5.74) is 0. The Bertz CT molecular complexity index is 452. The first-order valence-electron chi connectivity index (χ1n) is 7.14. The molecule has 3 unspecified atom stereocenters. The van der Waals surface area contributed by atoms with Crippen molar-refractivity contribution in [3.63, 3.8) is 0 Å². The highest BCUT2D eigenvalue weighted by molar-refractivity contribution is 7.89. The molecule has 0 aromatic heterocycles. The van der Waals surface area contributed by atoms with Crippen molar-refractivity contribution in [1.29, 1.82) is 0 Å². The van der Waals surface area contributed by atoms with Crippen LogP contribution < -0.4 is 15.4 Å². The monoisotopic (exact) mass is 304 g/mol. The van der Waals surface area contributed by atoms with Gasteiger partial charge in [0.25, 0.3) is 0 Å². The standard InChI is InChI=1S/C12H24N4O3S/c1-3-20(17,18)15-7-6-14-12(13-2)16-10-8-9-4-5-11(10)19-9/h9-11,15H,3-8H2,1-2H3,(H2,13,14,16). The number of aliphatic imine (C=N–C) groups is 1. The van der Waals surface area contributed by atoms with Crippen molar-refractivity contribution in [2.24, 2.45) is 4.99 Å². The van der Waals surface area contributed by atoms with E-state index < -0.39 is 10.0 Å². The largest absolute Gasteiger partial charge is 0.373 e. The van der Waals surface area contributed by atoms with E-state index in [1.54, 1.807) is 14.0 Å². The Labute approximate surface area is 120 Å². The molecule has 2 saturated heterocycles. The summed E-state index contributed by atoms with van der Waals surface area (Å²) >= 11 is 0. The van der Waals surface area contributed by atoms with Crippen LogP contribution >= 0.6 is 0 Å². The lowest BCUT2D eigenvalue weighted by Crippen LogP contribution is -2.48. The Morgan fingerprint density at radius 3 is 2.70 bits per heavy atom. The lowest BCUT2D eigenvalue weighted by molar-refractivity contribution is 0.0992. The minimum absolute atomic E-state index is 0.0997. The third-order valence-electron chi connectivity index (χ3n) is 3.77. The lowest BCUT2D eigenvalue weighted by atomic mass is 9.96. The lowest BCUT2D eigenvalue weighted by Gasteiger charge is -2.22. The van der Waals surface area contributed by atoms with Crippen molar-refractivity contribution in [3.8, 4) is 0 Å². The molecule has 2 aliphatic heterocycles. The number of nitrogens with one attached hydrogen (secondary N) is 3. The van der Waals surface area contributed by atoms with E-state index in [9.17, 15) is 8.42 Å². The molecule has 20 heavy (non-hydrogen) atoms. The van der Waals surface area contributed by atoms with Gasteiger partial charge < -0.3 is 15.4 Å². The predicted molar refractivity (Wildman–Crippen MR) is 78.3 cm³/mol. The van der Waals surface area contributed by atoms with Gasteiger partial charge in [-0.05, 0) is 26.2 Å². The van der Waals surface area contributed by atoms with Gasteiger partial charge in [-0.15, -0.1) is 0 Å². The first-order chi connectivity index (χ1) is 9.54. The maximum Gasteiger partial charge on any atom is 0.211 e. The zero-order valence-electron chi connectivity index (χ0n) is 12.1. The molecule has 2 bridgehead atoms. The van der Waals surface area contributed by atoms with Crippen molar-refractivity contribution < 1.29 is 13.2 Å². The Balaban J connectivity index is 1.68. The molecule has 0 aromatic carbocycles. The Morgan fingerprint density at radius 2 is 2.15 bits per heavy atom. The van der Waals surface area contributed by atoms with Crippen LogP contribution in [-0.2, 0) is 14.8 Å². The van der Waals surface area contributed by atoms with E-state index in [0.717, 1.165) is 19.3 Å². The molecule has 2 aliphatic rings. The summed E-state index contributed by atoms with van der Waals surface area (Å²) in [4.78, 5) is 4.15. The molecule has 0 aliphatic carbocycles. The maximum absolute atomic E-state index is 11.3. The van der Waals surface area contributed by atoms with Crippen LogP contribution in [0.15, 0.2) is 4.99 Å². The van der Waals surface area contributed by atoms with Crippen LogP contribution in [0.1, 0.15) is 26.2 Å². The molecular formula is C12H24N4O3S.